The largest absolute Gasteiger partial charge is 0.494 e. The van der Waals surface area contributed by atoms with Crippen molar-refractivity contribution >= 4 is 27.5 Å². The number of sulfonamides is 1. The number of nitrogens with one attached hydrogen (secondary N) is 1. The van der Waals surface area contributed by atoms with Crippen LogP contribution in [0, 0.1) is 0 Å². The van der Waals surface area contributed by atoms with Gasteiger partial charge in [-0.2, -0.15) is 0 Å². The van der Waals surface area contributed by atoms with Crippen LogP contribution in [0.5, 0.6) is 5.75 Å². The van der Waals surface area contributed by atoms with Crippen LogP contribution in [0.1, 0.15) is 35.8 Å². The van der Waals surface area contributed by atoms with Crippen LogP contribution in [-0.4, -0.2) is 39.3 Å². The highest BCUT2D eigenvalue weighted by molar-refractivity contribution is 7.89. The van der Waals surface area contributed by atoms with E-state index in [0.29, 0.717) is 6.61 Å². The summed E-state index contributed by atoms with van der Waals surface area (Å²) in [5.74, 6) is 0.307. The van der Waals surface area contributed by atoms with Gasteiger partial charge in [0, 0.05) is 14.1 Å². The molecule has 6 nitrogen and oxygen atoms in total. The van der Waals surface area contributed by atoms with Gasteiger partial charge in [-0.25, -0.2) is 12.7 Å². The fraction of sp³-hybridized carbons (Fsp3) is 0.316. The monoisotopic (exact) mass is 410 g/mol. The summed E-state index contributed by atoms with van der Waals surface area (Å²) in [4.78, 5) is 12.6. The second-order valence-electron chi connectivity index (χ2n) is 6.13. The van der Waals surface area contributed by atoms with E-state index in [9.17, 15) is 13.2 Å². The topological polar surface area (TPSA) is 75.7 Å². The fourth-order valence-corrected chi connectivity index (χ4v) is 3.56. The van der Waals surface area contributed by atoms with Gasteiger partial charge in [0.05, 0.1) is 28.1 Å². The zero-order valence-corrected chi connectivity index (χ0v) is 17.3. The number of amides is 1. The van der Waals surface area contributed by atoms with Crippen LogP contribution >= 0.6 is 11.6 Å². The molecule has 0 radical (unpaired) electrons. The zero-order chi connectivity index (χ0) is 20.2. The highest BCUT2D eigenvalue weighted by Gasteiger charge is 2.21. The Kier molecular flexibility index (Phi) is 6.86. The maximum atomic E-state index is 12.6. The molecule has 0 spiro atoms. The van der Waals surface area contributed by atoms with E-state index >= 15 is 0 Å². The molecule has 27 heavy (non-hydrogen) atoms. The second-order valence-corrected chi connectivity index (χ2v) is 8.69. The van der Waals surface area contributed by atoms with Crippen molar-refractivity contribution in [1.29, 1.82) is 0 Å². The second kappa shape index (κ2) is 8.73. The van der Waals surface area contributed by atoms with Gasteiger partial charge in [-0.15, -0.1) is 0 Å². The molecule has 0 aliphatic heterocycles. The third kappa shape index (κ3) is 5.00. The van der Waals surface area contributed by atoms with Crippen molar-refractivity contribution < 1.29 is 17.9 Å². The molecule has 0 aromatic heterocycles. The minimum atomic E-state index is -3.66. The highest BCUT2D eigenvalue weighted by Crippen LogP contribution is 2.24. The Balaban J connectivity index is 2.22. The molecule has 0 saturated carbocycles. The number of carbonyl (C=O) groups is 1. The molecule has 1 N–H and O–H groups in total. The molecule has 0 bridgehead atoms. The molecule has 0 aliphatic carbocycles. The zero-order valence-electron chi connectivity index (χ0n) is 15.7. The number of carbonyl (C=O) groups excluding carboxylic acids is 1. The van der Waals surface area contributed by atoms with Crippen LogP contribution in [0.2, 0.25) is 5.02 Å². The Morgan fingerprint density at radius 1 is 1.19 bits per heavy atom. The Labute approximate surface area is 165 Å². The molecule has 1 atom stereocenters. The van der Waals surface area contributed by atoms with Gasteiger partial charge >= 0.3 is 0 Å². The molecule has 2 rings (SSSR count). The lowest BCUT2D eigenvalue weighted by Crippen LogP contribution is -2.27. The van der Waals surface area contributed by atoms with Gasteiger partial charge < -0.3 is 10.1 Å². The van der Waals surface area contributed by atoms with E-state index in [2.05, 4.69) is 5.32 Å². The molecule has 2 aromatic rings. The van der Waals surface area contributed by atoms with Gasteiger partial charge in [0.2, 0.25) is 10.0 Å². The molecule has 1 unspecified atom stereocenters. The van der Waals surface area contributed by atoms with E-state index < -0.39 is 15.9 Å². The van der Waals surface area contributed by atoms with Crippen LogP contribution in [0.25, 0.3) is 0 Å². The lowest BCUT2D eigenvalue weighted by Gasteiger charge is -2.17. The van der Waals surface area contributed by atoms with E-state index in [0.717, 1.165) is 15.6 Å². The van der Waals surface area contributed by atoms with Crippen molar-refractivity contribution in [3.63, 3.8) is 0 Å². The summed E-state index contributed by atoms with van der Waals surface area (Å²) in [6.07, 6.45) is 0. The number of halogens is 1. The number of hydrogen-bond donors (Lipinski definition) is 1. The van der Waals surface area contributed by atoms with E-state index in [1.807, 2.05) is 38.1 Å². The predicted octanol–water partition coefficient (Wildman–Crippen LogP) is 3.48. The average Bonchev–Trinajstić information content (AvgIpc) is 2.62. The van der Waals surface area contributed by atoms with Crippen LogP contribution in [0.3, 0.4) is 0 Å². The van der Waals surface area contributed by atoms with Gasteiger partial charge in [-0.3, -0.25) is 4.79 Å². The Bertz CT molecular complexity index is 912. The van der Waals surface area contributed by atoms with Gasteiger partial charge in [-0.05, 0) is 49.7 Å². The van der Waals surface area contributed by atoms with Gasteiger partial charge in [0.15, 0.2) is 0 Å². The summed E-state index contributed by atoms with van der Waals surface area (Å²) in [7, 11) is -0.803. The van der Waals surface area contributed by atoms with E-state index in [4.69, 9.17) is 16.3 Å². The minimum Gasteiger partial charge on any atom is -0.494 e. The minimum absolute atomic E-state index is 0.00997. The number of hydrogen-bond acceptors (Lipinski definition) is 4. The molecule has 0 aliphatic rings. The number of benzene rings is 2. The average molecular weight is 411 g/mol. The summed E-state index contributed by atoms with van der Waals surface area (Å²) in [5.41, 5.74) is 0.998. The SMILES string of the molecule is CCOc1ccc(C(C)NC(=O)c2cc(S(=O)(=O)N(C)C)ccc2Cl)cc1. The maximum absolute atomic E-state index is 12.6. The maximum Gasteiger partial charge on any atom is 0.253 e. The van der Waals surface area contributed by atoms with Crippen molar-refractivity contribution in [3.8, 4) is 5.75 Å². The van der Waals surface area contributed by atoms with Crippen LogP contribution in [-0.2, 0) is 10.0 Å². The van der Waals surface area contributed by atoms with Crippen molar-refractivity contribution in [2.45, 2.75) is 24.8 Å². The molecule has 1 amide bonds. The quantitative estimate of drug-likeness (QED) is 0.758. The molecule has 2 aromatic carbocycles. The van der Waals surface area contributed by atoms with Crippen molar-refractivity contribution in [2.75, 3.05) is 20.7 Å². The summed E-state index contributed by atoms with van der Waals surface area (Å²) >= 11 is 6.12. The predicted molar refractivity (Wildman–Crippen MR) is 106 cm³/mol. The van der Waals surface area contributed by atoms with Crippen LogP contribution in [0.15, 0.2) is 47.4 Å². The fourth-order valence-electron chi connectivity index (χ4n) is 2.43. The summed E-state index contributed by atoms with van der Waals surface area (Å²) in [5, 5.41) is 3.02. The third-order valence-electron chi connectivity index (χ3n) is 4.00. The molecule has 0 fully saturated rings. The summed E-state index contributed by atoms with van der Waals surface area (Å²) in [6.45, 7) is 4.32. The standard InChI is InChI=1S/C19H23ClN2O4S/c1-5-26-15-8-6-14(7-9-15)13(2)21-19(23)17-12-16(10-11-18(17)20)27(24,25)22(3)4/h6-13H,5H2,1-4H3,(H,21,23). The molecule has 0 heterocycles. The summed E-state index contributed by atoms with van der Waals surface area (Å²) < 4.78 is 31.1. The summed E-state index contributed by atoms with van der Waals surface area (Å²) in [6, 6.07) is 11.2. The lowest BCUT2D eigenvalue weighted by atomic mass is 10.1. The third-order valence-corrected chi connectivity index (χ3v) is 6.14. The van der Waals surface area contributed by atoms with E-state index in [1.54, 1.807) is 0 Å². The van der Waals surface area contributed by atoms with Crippen LogP contribution in [0.4, 0.5) is 0 Å². The van der Waals surface area contributed by atoms with Crippen LogP contribution < -0.4 is 10.1 Å². The van der Waals surface area contributed by atoms with Gasteiger partial charge in [0.25, 0.3) is 5.91 Å². The highest BCUT2D eigenvalue weighted by atomic mass is 35.5. The molecule has 8 heteroatoms. The molecular formula is C19H23ClN2O4S. The molecule has 0 saturated heterocycles. The number of ether oxygens (including phenoxy) is 1. The molecule has 146 valence electrons. The first kappa shape index (κ1) is 21.2. The Morgan fingerprint density at radius 2 is 1.81 bits per heavy atom. The van der Waals surface area contributed by atoms with Crippen molar-refractivity contribution in [3.05, 3.63) is 58.6 Å². The van der Waals surface area contributed by atoms with E-state index in [-0.39, 0.29) is 21.5 Å². The lowest BCUT2D eigenvalue weighted by molar-refractivity contribution is 0.0940. The number of rotatable bonds is 7. The normalized spacial score (nSPS) is 12.7. The van der Waals surface area contributed by atoms with E-state index in [1.165, 1.54) is 32.3 Å². The smallest absolute Gasteiger partial charge is 0.253 e. The van der Waals surface area contributed by atoms with Crippen molar-refractivity contribution in [1.82, 2.24) is 9.62 Å². The van der Waals surface area contributed by atoms with Crippen molar-refractivity contribution in [2.24, 2.45) is 0 Å². The first-order valence-corrected chi connectivity index (χ1v) is 10.2. The number of nitrogens with zero attached hydrogens (tertiary/aromatic N) is 1. The molecular weight excluding hydrogens is 388 g/mol. The van der Waals surface area contributed by atoms with Gasteiger partial charge in [0.1, 0.15) is 5.75 Å². The Hall–Kier alpha value is -2.09. The Morgan fingerprint density at radius 3 is 2.37 bits per heavy atom. The first-order chi connectivity index (χ1) is 12.7. The first-order valence-electron chi connectivity index (χ1n) is 8.42. The van der Waals surface area contributed by atoms with Gasteiger partial charge in [-0.1, -0.05) is 23.7 Å².